The number of carbonyl (C=O) groups excluding carboxylic acids is 4. The molecule has 240 valence electrons. The number of nitrogens with zero attached hydrogens (tertiary/aromatic N) is 4. The lowest BCUT2D eigenvalue weighted by Gasteiger charge is -2.36. The number of rotatable bonds is 13. The van der Waals surface area contributed by atoms with Crippen LogP contribution < -0.4 is 10.6 Å². The number of amides is 3. The molecule has 1 atom stereocenters. The zero-order valence-corrected chi connectivity index (χ0v) is 26.0. The number of carbonyl (C=O) groups is 4. The van der Waals surface area contributed by atoms with Gasteiger partial charge in [-0.25, -0.2) is 14.8 Å². The van der Waals surface area contributed by atoms with E-state index in [1.54, 1.807) is 32.6 Å². The highest BCUT2D eigenvalue weighted by Gasteiger charge is 2.32. The van der Waals surface area contributed by atoms with Gasteiger partial charge in [-0.3, -0.25) is 14.4 Å². The molecule has 3 rings (SSSR count). The Morgan fingerprint density at radius 1 is 1.00 bits per heavy atom. The van der Waals surface area contributed by atoms with E-state index in [9.17, 15) is 19.2 Å². The highest BCUT2D eigenvalue weighted by atomic mass is 16.6. The van der Waals surface area contributed by atoms with Gasteiger partial charge in [-0.05, 0) is 47.0 Å². The average Bonchev–Trinajstić information content (AvgIpc) is 3.00. The fraction of sp³-hybridized carbons (Fsp3) is 0.548. The van der Waals surface area contributed by atoms with Crippen molar-refractivity contribution in [3.8, 4) is 11.4 Å². The molecule has 1 saturated heterocycles. The van der Waals surface area contributed by atoms with Gasteiger partial charge in [0.15, 0.2) is 5.82 Å². The molecule has 1 aromatic heterocycles. The van der Waals surface area contributed by atoms with E-state index in [4.69, 9.17) is 14.6 Å². The summed E-state index contributed by atoms with van der Waals surface area (Å²) in [6.45, 7) is 8.94. The summed E-state index contributed by atoms with van der Waals surface area (Å²) in [6.07, 6.45) is 0.807. The standard InChI is InChI=1S/C31H44N6O7/c1-5-43-30(42)37-18-16-36(17-19-37)29(41)23(13-14-26(39)44-31(2,3)4)34-28(40)24-21-25(32-15-9-10-20-38)35-27(33-24)22-11-7-6-8-12-22/h6-8,11-12,21,23,38H,5,9-10,13-20H2,1-4H3,(H,34,40)(H,32,33,35). The summed E-state index contributed by atoms with van der Waals surface area (Å²) < 4.78 is 10.5. The summed E-state index contributed by atoms with van der Waals surface area (Å²) in [5.41, 5.74) is 0.0573. The topological polar surface area (TPSA) is 163 Å². The minimum absolute atomic E-state index is 0.0144. The summed E-state index contributed by atoms with van der Waals surface area (Å²) in [7, 11) is 0. The van der Waals surface area contributed by atoms with Crippen molar-refractivity contribution in [1.29, 1.82) is 0 Å². The number of piperazine rings is 1. The van der Waals surface area contributed by atoms with E-state index in [1.807, 2.05) is 30.3 Å². The van der Waals surface area contributed by atoms with Gasteiger partial charge >= 0.3 is 12.1 Å². The van der Waals surface area contributed by atoms with Crippen LogP contribution in [-0.2, 0) is 19.1 Å². The van der Waals surface area contributed by atoms with Crippen LogP contribution in [0.2, 0.25) is 0 Å². The minimum Gasteiger partial charge on any atom is -0.460 e. The van der Waals surface area contributed by atoms with E-state index < -0.39 is 29.6 Å². The Morgan fingerprint density at radius 3 is 2.32 bits per heavy atom. The second-order valence-electron chi connectivity index (χ2n) is 11.3. The summed E-state index contributed by atoms with van der Waals surface area (Å²) in [5.74, 6) is -0.705. The van der Waals surface area contributed by atoms with Gasteiger partial charge in [0.25, 0.3) is 5.91 Å². The van der Waals surface area contributed by atoms with E-state index in [0.29, 0.717) is 36.6 Å². The molecular formula is C31H44N6O7. The number of aliphatic hydroxyl groups is 1. The summed E-state index contributed by atoms with van der Waals surface area (Å²) >= 11 is 0. The first-order valence-electron chi connectivity index (χ1n) is 15.0. The van der Waals surface area contributed by atoms with Crippen LogP contribution in [0.15, 0.2) is 36.4 Å². The lowest BCUT2D eigenvalue weighted by molar-refractivity contribution is -0.155. The number of hydrogen-bond donors (Lipinski definition) is 3. The Balaban J connectivity index is 1.81. The largest absolute Gasteiger partial charge is 0.460 e. The third-order valence-corrected chi connectivity index (χ3v) is 6.66. The predicted molar refractivity (Wildman–Crippen MR) is 164 cm³/mol. The molecule has 1 aliphatic heterocycles. The maximum Gasteiger partial charge on any atom is 0.409 e. The number of nitrogens with one attached hydrogen (secondary N) is 2. The molecule has 3 N–H and O–H groups in total. The Kier molecular flexibility index (Phi) is 12.9. The van der Waals surface area contributed by atoms with Crippen molar-refractivity contribution in [1.82, 2.24) is 25.1 Å². The Bertz CT molecular complexity index is 1260. The number of esters is 1. The zero-order valence-electron chi connectivity index (χ0n) is 26.0. The maximum absolute atomic E-state index is 13.7. The Labute approximate surface area is 258 Å². The third-order valence-electron chi connectivity index (χ3n) is 6.66. The average molecular weight is 613 g/mol. The molecule has 3 amide bonds. The van der Waals surface area contributed by atoms with Gasteiger partial charge in [-0.2, -0.15) is 0 Å². The van der Waals surface area contributed by atoms with Crippen molar-refractivity contribution in [2.24, 2.45) is 0 Å². The van der Waals surface area contributed by atoms with Crippen molar-refractivity contribution < 1.29 is 33.8 Å². The smallest absolute Gasteiger partial charge is 0.409 e. The van der Waals surface area contributed by atoms with Crippen molar-refractivity contribution >= 4 is 29.7 Å². The highest BCUT2D eigenvalue weighted by molar-refractivity contribution is 5.97. The lowest BCUT2D eigenvalue weighted by atomic mass is 10.1. The molecule has 13 heteroatoms. The molecule has 1 unspecified atom stereocenters. The second-order valence-corrected chi connectivity index (χ2v) is 11.3. The molecule has 13 nitrogen and oxygen atoms in total. The van der Waals surface area contributed by atoms with E-state index in [1.165, 1.54) is 11.0 Å². The van der Waals surface area contributed by atoms with Crippen molar-refractivity contribution in [3.63, 3.8) is 0 Å². The normalized spacial score (nSPS) is 14.0. The molecule has 0 spiro atoms. The molecule has 1 aromatic carbocycles. The fourth-order valence-electron chi connectivity index (χ4n) is 4.51. The summed E-state index contributed by atoms with van der Waals surface area (Å²) in [6, 6.07) is 9.67. The Hall–Kier alpha value is -4.26. The highest BCUT2D eigenvalue weighted by Crippen LogP contribution is 2.19. The molecular weight excluding hydrogens is 568 g/mol. The monoisotopic (exact) mass is 612 g/mol. The van der Waals surface area contributed by atoms with Crippen LogP contribution >= 0.6 is 0 Å². The van der Waals surface area contributed by atoms with Gasteiger partial charge in [0.2, 0.25) is 5.91 Å². The van der Waals surface area contributed by atoms with E-state index in [-0.39, 0.29) is 63.8 Å². The van der Waals surface area contributed by atoms with Gasteiger partial charge in [-0.15, -0.1) is 0 Å². The lowest BCUT2D eigenvalue weighted by Crippen LogP contribution is -2.56. The van der Waals surface area contributed by atoms with Gasteiger partial charge < -0.3 is 35.0 Å². The summed E-state index contributed by atoms with van der Waals surface area (Å²) in [5, 5.41) is 15.1. The van der Waals surface area contributed by atoms with Gasteiger partial charge in [0.1, 0.15) is 23.2 Å². The van der Waals surface area contributed by atoms with Crippen LogP contribution in [0.3, 0.4) is 0 Å². The van der Waals surface area contributed by atoms with Crippen molar-refractivity contribution in [3.05, 3.63) is 42.1 Å². The Morgan fingerprint density at radius 2 is 1.68 bits per heavy atom. The molecule has 2 aromatic rings. The van der Waals surface area contributed by atoms with Gasteiger partial charge in [-0.1, -0.05) is 30.3 Å². The van der Waals surface area contributed by atoms with Crippen LogP contribution in [-0.4, -0.2) is 106 Å². The fourth-order valence-corrected chi connectivity index (χ4v) is 4.51. The molecule has 1 fully saturated rings. The number of unbranched alkanes of at least 4 members (excludes halogenated alkanes) is 1. The molecule has 2 heterocycles. The van der Waals surface area contributed by atoms with E-state index >= 15 is 0 Å². The van der Waals surface area contributed by atoms with Gasteiger partial charge in [0, 0.05) is 57.4 Å². The quantitative estimate of drug-likeness (QED) is 0.226. The van der Waals surface area contributed by atoms with E-state index in [2.05, 4.69) is 20.6 Å². The first-order valence-corrected chi connectivity index (χ1v) is 15.0. The molecule has 0 radical (unpaired) electrons. The molecule has 0 aliphatic carbocycles. The van der Waals surface area contributed by atoms with Crippen LogP contribution in [0.25, 0.3) is 11.4 Å². The maximum atomic E-state index is 13.7. The minimum atomic E-state index is -1.04. The number of aromatic nitrogens is 2. The van der Waals surface area contributed by atoms with Crippen LogP contribution in [0.1, 0.15) is 63.9 Å². The number of aliphatic hydroxyl groups excluding tert-OH is 1. The van der Waals surface area contributed by atoms with Crippen LogP contribution in [0.4, 0.5) is 10.6 Å². The van der Waals surface area contributed by atoms with Crippen molar-refractivity contribution in [2.45, 2.75) is 65.0 Å². The predicted octanol–water partition coefficient (Wildman–Crippen LogP) is 2.85. The SMILES string of the molecule is CCOC(=O)N1CCN(C(=O)C(CCC(=O)OC(C)(C)C)NC(=O)c2cc(NCCCCO)nc(-c3ccccc3)n2)CC1. The molecule has 0 bridgehead atoms. The van der Waals surface area contributed by atoms with Crippen LogP contribution in [0, 0.1) is 0 Å². The first kappa shape index (κ1) is 34.2. The van der Waals surface area contributed by atoms with Crippen LogP contribution in [0.5, 0.6) is 0 Å². The van der Waals surface area contributed by atoms with Gasteiger partial charge in [0.05, 0.1) is 6.61 Å². The first-order chi connectivity index (χ1) is 21.0. The molecule has 1 aliphatic rings. The number of ether oxygens (including phenoxy) is 2. The summed E-state index contributed by atoms with van der Waals surface area (Å²) in [4.78, 5) is 64.1. The third kappa shape index (κ3) is 10.8. The molecule has 44 heavy (non-hydrogen) atoms. The molecule has 0 saturated carbocycles. The number of benzene rings is 1. The van der Waals surface area contributed by atoms with Crippen molar-refractivity contribution in [2.75, 3.05) is 51.3 Å². The van der Waals surface area contributed by atoms with E-state index in [0.717, 1.165) is 0 Å². The number of hydrogen-bond acceptors (Lipinski definition) is 10. The zero-order chi connectivity index (χ0) is 32.1. The second kappa shape index (κ2) is 16.6. The number of anilines is 1.